The first kappa shape index (κ1) is 12.6. The second-order valence-corrected chi connectivity index (χ2v) is 5.56. The Hall–Kier alpha value is -0.840. The SMILES string of the molecule is NCc1cc(Br)cc(Sc2ccccc2F)c1. The van der Waals surface area contributed by atoms with E-state index in [0.29, 0.717) is 11.4 Å². The maximum atomic E-state index is 13.5. The molecular weight excluding hydrogens is 301 g/mol. The van der Waals surface area contributed by atoms with E-state index < -0.39 is 0 Å². The molecule has 0 atom stereocenters. The molecule has 88 valence electrons. The van der Waals surface area contributed by atoms with Crippen LogP contribution in [0.1, 0.15) is 5.56 Å². The molecule has 0 fully saturated rings. The fourth-order valence-electron chi connectivity index (χ4n) is 1.45. The van der Waals surface area contributed by atoms with Crippen LogP contribution in [0.2, 0.25) is 0 Å². The number of rotatable bonds is 3. The van der Waals surface area contributed by atoms with Gasteiger partial charge in [0.15, 0.2) is 0 Å². The van der Waals surface area contributed by atoms with Gasteiger partial charge in [-0.2, -0.15) is 0 Å². The van der Waals surface area contributed by atoms with Crippen molar-refractivity contribution in [1.82, 2.24) is 0 Å². The Morgan fingerprint density at radius 1 is 1.18 bits per heavy atom. The molecule has 0 aliphatic carbocycles. The van der Waals surface area contributed by atoms with E-state index in [0.717, 1.165) is 14.9 Å². The van der Waals surface area contributed by atoms with E-state index in [1.807, 2.05) is 24.3 Å². The Balaban J connectivity index is 2.30. The summed E-state index contributed by atoms with van der Waals surface area (Å²) in [6, 6.07) is 12.6. The first-order valence-electron chi connectivity index (χ1n) is 5.11. The van der Waals surface area contributed by atoms with E-state index in [9.17, 15) is 4.39 Å². The van der Waals surface area contributed by atoms with Gasteiger partial charge in [-0.15, -0.1) is 0 Å². The molecule has 0 aliphatic rings. The number of benzene rings is 2. The molecule has 0 unspecified atom stereocenters. The van der Waals surface area contributed by atoms with Crippen LogP contribution in [0.15, 0.2) is 56.7 Å². The Morgan fingerprint density at radius 3 is 2.65 bits per heavy atom. The van der Waals surface area contributed by atoms with Crippen LogP contribution in [0.4, 0.5) is 4.39 Å². The van der Waals surface area contributed by atoms with Crippen LogP contribution >= 0.6 is 27.7 Å². The van der Waals surface area contributed by atoms with Gasteiger partial charge in [0.1, 0.15) is 5.82 Å². The molecule has 2 N–H and O–H groups in total. The van der Waals surface area contributed by atoms with Crippen molar-refractivity contribution < 1.29 is 4.39 Å². The smallest absolute Gasteiger partial charge is 0.137 e. The third-order valence-electron chi connectivity index (χ3n) is 2.23. The van der Waals surface area contributed by atoms with Gasteiger partial charge >= 0.3 is 0 Å². The second kappa shape index (κ2) is 5.67. The molecule has 0 aromatic heterocycles. The normalized spacial score (nSPS) is 10.5. The number of halogens is 2. The summed E-state index contributed by atoms with van der Waals surface area (Å²) < 4.78 is 14.5. The topological polar surface area (TPSA) is 26.0 Å². The lowest BCUT2D eigenvalue weighted by atomic mass is 10.2. The van der Waals surface area contributed by atoms with E-state index in [-0.39, 0.29) is 5.82 Å². The third kappa shape index (κ3) is 3.31. The summed E-state index contributed by atoms with van der Waals surface area (Å²) in [6.07, 6.45) is 0. The van der Waals surface area contributed by atoms with Gasteiger partial charge in [-0.25, -0.2) is 4.39 Å². The molecule has 0 aliphatic heterocycles. The quantitative estimate of drug-likeness (QED) is 0.919. The summed E-state index contributed by atoms with van der Waals surface area (Å²) in [5.41, 5.74) is 6.63. The number of hydrogen-bond acceptors (Lipinski definition) is 2. The molecule has 0 radical (unpaired) electrons. The summed E-state index contributed by atoms with van der Waals surface area (Å²) in [5.74, 6) is -0.202. The van der Waals surface area contributed by atoms with Crippen molar-refractivity contribution in [2.45, 2.75) is 16.3 Å². The molecule has 0 saturated carbocycles. The van der Waals surface area contributed by atoms with E-state index in [2.05, 4.69) is 15.9 Å². The van der Waals surface area contributed by atoms with Crippen molar-refractivity contribution in [3.05, 3.63) is 58.3 Å². The highest BCUT2D eigenvalue weighted by Gasteiger charge is 2.05. The third-order valence-corrected chi connectivity index (χ3v) is 3.71. The monoisotopic (exact) mass is 311 g/mol. The lowest BCUT2D eigenvalue weighted by molar-refractivity contribution is 0.602. The minimum atomic E-state index is -0.202. The maximum Gasteiger partial charge on any atom is 0.137 e. The average Bonchev–Trinajstić information content (AvgIpc) is 2.31. The van der Waals surface area contributed by atoms with Gasteiger partial charge in [0.25, 0.3) is 0 Å². The summed E-state index contributed by atoms with van der Waals surface area (Å²) in [7, 11) is 0. The van der Waals surface area contributed by atoms with Crippen LogP contribution < -0.4 is 5.73 Å². The Morgan fingerprint density at radius 2 is 1.94 bits per heavy atom. The van der Waals surface area contributed by atoms with Crippen molar-refractivity contribution in [2.24, 2.45) is 5.73 Å². The van der Waals surface area contributed by atoms with Gasteiger partial charge < -0.3 is 5.73 Å². The maximum absolute atomic E-state index is 13.5. The standard InChI is InChI=1S/C13H11BrFNS/c14-10-5-9(8-16)6-11(7-10)17-13-4-2-1-3-12(13)15/h1-7H,8,16H2. The second-order valence-electron chi connectivity index (χ2n) is 3.53. The zero-order chi connectivity index (χ0) is 12.3. The summed E-state index contributed by atoms with van der Waals surface area (Å²) in [6.45, 7) is 0.476. The summed E-state index contributed by atoms with van der Waals surface area (Å²) in [4.78, 5) is 1.60. The van der Waals surface area contributed by atoms with Gasteiger partial charge in [-0.05, 0) is 35.9 Å². The molecule has 2 aromatic rings. The van der Waals surface area contributed by atoms with Crippen LogP contribution in [-0.4, -0.2) is 0 Å². The largest absolute Gasteiger partial charge is 0.326 e. The van der Waals surface area contributed by atoms with E-state index in [1.165, 1.54) is 17.8 Å². The van der Waals surface area contributed by atoms with Crippen molar-refractivity contribution in [1.29, 1.82) is 0 Å². The molecule has 0 spiro atoms. The fourth-order valence-corrected chi connectivity index (χ4v) is 3.11. The zero-order valence-electron chi connectivity index (χ0n) is 8.99. The van der Waals surface area contributed by atoms with Crippen LogP contribution in [0.5, 0.6) is 0 Å². The van der Waals surface area contributed by atoms with Gasteiger partial charge in [-0.3, -0.25) is 0 Å². The highest BCUT2D eigenvalue weighted by molar-refractivity contribution is 9.10. The van der Waals surface area contributed by atoms with Gasteiger partial charge in [0, 0.05) is 20.8 Å². The van der Waals surface area contributed by atoms with Crippen molar-refractivity contribution in [2.75, 3.05) is 0 Å². The molecule has 4 heteroatoms. The lowest BCUT2D eigenvalue weighted by Gasteiger charge is -2.06. The average molecular weight is 312 g/mol. The van der Waals surface area contributed by atoms with E-state index in [1.54, 1.807) is 12.1 Å². The van der Waals surface area contributed by atoms with Crippen molar-refractivity contribution >= 4 is 27.7 Å². The molecule has 0 amide bonds. The first-order chi connectivity index (χ1) is 8.19. The van der Waals surface area contributed by atoms with Gasteiger partial charge in [-0.1, -0.05) is 39.8 Å². The van der Waals surface area contributed by atoms with Crippen LogP contribution in [-0.2, 0) is 6.54 Å². The fraction of sp³-hybridized carbons (Fsp3) is 0.0769. The van der Waals surface area contributed by atoms with E-state index in [4.69, 9.17) is 5.73 Å². The molecule has 2 rings (SSSR count). The molecule has 0 saturated heterocycles. The molecule has 0 bridgehead atoms. The van der Waals surface area contributed by atoms with Crippen LogP contribution in [0, 0.1) is 5.82 Å². The Labute approximate surface area is 112 Å². The minimum absolute atomic E-state index is 0.202. The Bertz CT molecular complexity index is 531. The molecule has 17 heavy (non-hydrogen) atoms. The highest BCUT2D eigenvalue weighted by Crippen LogP contribution is 2.32. The molecular formula is C13H11BrFNS. The van der Waals surface area contributed by atoms with Gasteiger partial charge in [0.2, 0.25) is 0 Å². The minimum Gasteiger partial charge on any atom is -0.326 e. The zero-order valence-corrected chi connectivity index (χ0v) is 11.4. The summed E-state index contributed by atoms with van der Waals surface area (Å²) in [5, 5.41) is 0. The van der Waals surface area contributed by atoms with Crippen molar-refractivity contribution in [3.8, 4) is 0 Å². The highest BCUT2D eigenvalue weighted by atomic mass is 79.9. The van der Waals surface area contributed by atoms with E-state index >= 15 is 0 Å². The van der Waals surface area contributed by atoms with Crippen molar-refractivity contribution in [3.63, 3.8) is 0 Å². The number of nitrogens with two attached hydrogens (primary N) is 1. The number of hydrogen-bond donors (Lipinski definition) is 1. The summed E-state index contributed by atoms with van der Waals surface area (Å²) >= 11 is 4.82. The molecule has 0 heterocycles. The Kier molecular flexibility index (Phi) is 4.20. The van der Waals surface area contributed by atoms with Crippen LogP contribution in [0.25, 0.3) is 0 Å². The van der Waals surface area contributed by atoms with Gasteiger partial charge in [0.05, 0.1) is 0 Å². The molecule has 1 nitrogen and oxygen atoms in total. The first-order valence-corrected chi connectivity index (χ1v) is 6.72. The van der Waals surface area contributed by atoms with Crippen LogP contribution in [0.3, 0.4) is 0 Å². The lowest BCUT2D eigenvalue weighted by Crippen LogP contribution is -1.96. The predicted octanol–water partition coefficient (Wildman–Crippen LogP) is 4.20. The molecule has 2 aromatic carbocycles. The predicted molar refractivity (Wildman–Crippen MR) is 72.6 cm³/mol.